The monoisotopic (exact) mass is 338 g/mol. The van der Waals surface area contributed by atoms with Gasteiger partial charge in [0.15, 0.2) is 0 Å². The summed E-state index contributed by atoms with van der Waals surface area (Å²) in [5.41, 5.74) is 5.62. The van der Waals surface area contributed by atoms with Crippen LogP contribution in [0.5, 0.6) is 0 Å². The van der Waals surface area contributed by atoms with Gasteiger partial charge in [-0.3, -0.25) is 14.7 Å². The summed E-state index contributed by atoms with van der Waals surface area (Å²) >= 11 is 0. The predicted molar refractivity (Wildman–Crippen MR) is 98.7 cm³/mol. The van der Waals surface area contributed by atoms with Crippen molar-refractivity contribution in [2.75, 3.05) is 13.1 Å². The molecular weight excluding hydrogens is 312 g/mol. The lowest BCUT2D eigenvalue weighted by Crippen LogP contribution is -2.41. The summed E-state index contributed by atoms with van der Waals surface area (Å²) in [6.07, 6.45) is 1.66. The van der Waals surface area contributed by atoms with Crippen LogP contribution in [-0.4, -0.2) is 34.0 Å². The first-order chi connectivity index (χ1) is 11.9. The Morgan fingerprint density at radius 3 is 2.56 bits per heavy atom. The second kappa shape index (κ2) is 7.36. The third kappa shape index (κ3) is 4.07. The van der Waals surface area contributed by atoms with Crippen LogP contribution in [0, 0.1) is 26.7 Å². The van der Waals surface area contributed by atoms with E-state index in [0.29, 0.717) is 6.54 Å². The first-order valence-electron chi connectivity index (χ1n) is 8.92. The van der Waals surface area contributed by atoms with Crippen LogP contribution in [0.4, 0.5) is 0 Å². The lowest BCUT2D eigenvalue weighted by Gasteiger charge is -2.37. The average Bonchev–Trinajstić information content (AvgIpc) is 2.54. The molecule has 2 atom stereocenters. The highest BCUT2D eigenvalue weighted by Gasteiger charge is 2.32. The molecule has 1 N–H and O–H groups in total. The van der Waals surface area contributed by atoms with Gasteiger partial charge in [-0.05, 0) is 57.9 Å². The summed E-state index contributed by atoms with van der Waals surface area (Å²) < 4.78 is 0. The van der Waals surface area contributed by atoms with Crippen LogP contribution in [0.1, 0.15) is 47.0 Å². The molecule has 1 aromatic carbocycles. The number of nitrogens with zero attached hydrogens (tertiary/aromatic N) is 2. The zero-order valence-corrected chi connectivity index (χ0v) is 15.2. The molecule has 1 aliphatic rings. The maximum absolute atomic E-state index is 11.5. The second-order valence-electron chi connectivity index (χ2n) is 7.20. The molecule has 2 heterocycles. The maximum atomic E-state index is 11.5. The zero-order valence-electron chi connectivity index (χ0n) is 15.2. The summed E-state index contributed by atoms with van der Waals surface area (Å²) in [6.45, 7) is 7.68. The van der Waals surface area contributed by atoms with Crippen LogP contribution < -0.4 is 0 Å². The Kier molecular flexibility index (Phi) is 5.19. The second-order valence-corrected chi connectivity index (χ2v) is 7.20. The Balaban J connectivity index is 2.04. The van der Waals surface area contributed by atoms with Gasteiger partial charge in [0, 0.05) is 12.2 Å². The van der Waals surface area contributed by atoms with E-state index in [1.54, 1.807) is 0 Å². The molecule has 0 spiro atoms. The van der Waals surface area contributed by atoms with Crippen molar-refractivity contribution in [3.8, 4) is 0 Å². The molecule has 2 unspecified atom stereocenters. The summed E-state index contributed by atoms with van der Waals surface area (Å²) in [5, 5.41) is 9.47. The third-order valence-corrected chi connectivity index (χ3v) is 4.92. The minimum absolute atomic E-state index is 0.000602. The molecule has 0 aliphatic carbocycles. The Hall–Kier alpha value is -2.20. The molecule has 0 radical (unpaired) electrons. The van der Waals surface area contributed by atoms with Gasteiger partial charge in [-0.2, -0.15) is 0 Å². The lowest BCUT2D eigenvalue weighted by molar-refractivity contribution is -0.143. The van der Waals surface area contributed by atoms with Crippen molar-refractivity contribution in [2.24, 2.45) is 5.92 Å². The third-order valence-electron chi connectivity index (χ3n) is 4.92. The van der Waals surface area contributed by atoms with E-state index in [0.717, 1.165) is 30.8 Å². The Morgan fingerprint density at radius 1 is 1.20 bits per heavy atom. The average molecular weight is 338 g/mol. The number of carboxylic acids is 1. The number of piperidine rings is 1. The number of rotatable bonds is 4. The molecule has 0 bridgehead atoms. The van der Waals surface area contributed by atoms with Crippen LogP contribution >= 0.6 is 0 Å². The minimum Gasteiger partial charge on any atom is -0.481 e. The zero-order chi connectivity index (χ0) is 18.0. The van der Waals surface area contributed by atoms with E-state index in [4.69, 9.17) is 4.98 Å². The van der Waals surface area contributed by atoms with Crippen LogP contribution in [0.25, 0.3) is 0 Å². The van der Waals surface area contributed by atoms with Gasteiger partial charge in [0.2, 0.25) is 0 Å². The quantitative estimate of drug-likeness (QED) is 0.919. The van der Waals surface area contributed by atoms with Gasteiger partial charge in [0.05, 0.1) is 17.7 Å². The number of aromatic nitrogens is 1. The first kappa shape index (κ1) is 17.6. The Bertz CT molecular complexity index is 752. The van der Waals surface area contributed by atoms with E-state index in [1.807, 2.05) is 19.1 Å². The number of carbonyl (C=O) groups is 1. The van der Waals surface area contributed by atoms with Gasteiger partial charge in [-0.1, -0.05) is 35.4 Å². The number of pyridine rings is 1. The van der Waals surface area contributed by atoms with Gasteiger partial charge in [0.1, 0.15) is 0 Å². The minimum atomic E-state index is -0.693. The van der Waals surface area contributed by atoms with Gasteiger partial charge in [-0.25, -0.2) is 0 Å². The topological polar surface area (TPSA) is 53.4 Å². The van der Waals surface area contributed by atoms with Crippen LogP contribution in [0.15, 0.2) is 36.4 Å². The molecule has 2 aromatic rings. The van der Waals surface area contributed by atoms with Gasteiger partial charge in [0.25, 0.3) is 0 Å². The van der Waals surface area contributed by atoms with Crippen molar-refractivity contribution in [1.29, 1.82) is 0 Å². The number of aliphatic carboxylic acids is 1. The van der Waals surface area contributed by atoms with Crippen molar-refractivity contribution >= 4 is 5.97 Å². The highest BCUT2D eigenvalue weighted by Crippen LogP contribution is 2.32. The lowest BCUT2D eigenvalue weighted by atomic mass is 9.92. The predicted octanol–water partition coefficient (Wildman–Crippen LogP) is 3.89. The number of carboxylic acid groups (broad SMARTS) is 1. The largest absolute Gasteiger partial charge is 0.481 e. The molecule has 4 heteroatoms. The van der Waals surface area contributed by atoms with E-state index < -0.39 is 5.97 Å². The highest BCUT2D eigenvalue weighted by atomic mass is 16.4. The molecule has 3 rings (SSSR count). The summed E-state index contributed by atoms with van der Waals surface area (Å²) in [5.74, 6) is -0.993. The Morgan fingerprint density at radius 2 is 1.92 bits per heavy atom. The number of hydrogen-bond acceptors (Lipinski definition) is 3. The first-order valence-corrected chi connectivity index (χ1v) is 8.92. The number of hydrogen-bond donors (Lipinski definition) is 1. The molecule has 1 fully saturated rings. The van der Waals surface area contributed by atoms with Crippen molar-refractivity contribution in [2.45, 2.75) is 39.7 Å². The van der Waals surface area contributed by atoms with Crippen molar-refractivity contribution in [3.05, 3.63) is 64.5 Å². The van der Waals surface area contributed by atoms with E-state index in [2.05, 4.69) is 43.0 Å². The van der Waals surface area contributed by atoms with Crippen molar-refractivity contribution in [1.82, 2.24) is 9.88 Å². The molecule has 0 amide bonds. The van der Waals surface area contributed by atoms with Gasteiger partial charge < -0.3 is 5.11 Å². The molecule has 1 aromatic heterocycles. The van der Waals surface area contributed by atoms with Crippen LogP contribution in [0.2, 0.25) is 0 Å². The number of likely N-dealkylation sites (tertiary alicyclic amines) is 1. The molecule has 0 saturated carbocycles. The Labute approximate surface area is 149 Å². The molecule has 1 saturated heterocycles. The van der Waals surface area contributed by atoms with Crippen molar-refractivity contribution in [3.63, 3.8) is 0 Å². The maximum Gasteiger partial charge on any atom is 0.307 e. The van der Waals surface area contributed by atoms with E-state index >= 15 is 0 Å². The summed E-state index contributed by atoms with van der Waals surface area (Å²) in [7, 11) is 0. The summed E-state index contributed by atoms with van der Waals surface area (Å²) in [4.78, 5) is 18.6. The van der Waals surface area contributed by atoms with Gasteiger partial charge >= 0.3 is 5.97 Å². The fourth-order valence-electron chi connectivity index (χ4n) is 3.90. The molecule has 1 aliphatic heterocycles. The standard InChI is InChI=1S/C21H26N2O2/c1-14-10-15(2)12-18(11-14)20(19-8-4-6-16(3)22-19)23-9-5-7-17(13-23)21(24)25/h4,6,8,10-12,17,20H,5,7,9,13H2,1-3H3,(H,24,25). The number of benzene rings is 1. The molecule has 4 nitrogen and oxygen atoms in total. The highest BCUT2D eigenvalue weighted by molar-refractivity contribution is 5.70. The van der Waals surface area contributed by atoms with E-state index in [1.165, 1.54) is 16.7 Å². The molecule has 25 heavy (non-hydrogen) atoms. The van der Waals surface area contributed by atoms with Crippen LogP contribution in [0.3, 0.4) is 0 Å². The summed E-state index contributed by atoms with van der Waals surface area (Å²) in [6, 6.07) is 12.7. The van der Waals surface area contributed by atoms with E-state index in [-0.39, 0.29) is 12.0 Å². The van der Waals surface area contributed by atoms with Crippen molar-refractivity contribution < 1.29 is 9.90 Å². The fraction of sp³-hybridized carbons (Fsp3) is 0.429. The molecular formula is C21H26N2O2. The SMILES string of the molecule is Cc1cc(C)cc(C(c2cccc(C)n2)N2CCCC(C(=O)O)C2)c1. The van der Waals surface area contributed by atoms with Gasteiger partial charge in [-0.15, -0.1) is 0 Å². The normalized spacial score (nSPS) is 19.6. The fourth-order valence-corrected chi connectivity index (χ4v) is 3.90. The number of aryl methyl sites for hydroxylation is 3. The molecule has 132 valence electrons. The van der Waals surface area contributed by atoms with Crippen LogP contribution in [-0.2, 0) is 4.79 Å². The smallest absolute Gasteiger partial charge is 0.307 e. The van der Waals surface area contributed by atoms with E-state index in [9.17, 15) is 9.90 Å².